The summed E-state index contributed by atoms with van der Waals surface area (Å²) in [7, 11) is -4.08. The molecule has 11 heteroatoms. The second kappa shape index (κ2) is 7.29. The van der Waals surface area contributed by atoms with Crippen LogP contribution >= 0.6 is 11.3 Å². The fraction of sp³-hybridized carbons (Fsp3) is 0.250. The molecule has 1 aliphatic heterocycles. The summed E-state index contributed by atoms with van der Waals surface area (Å²) < 4.78 is 35.4. The van der Waals surface area contributed by atoms with Gasteiger partial charge in [0.05, 0.1) is 22.2 Å². The van der Waals surface area contributed by atoms with Crippen LogP contribution in [-0.4, -0.2) is 59.1 Å². The Hall–Kier alpha value is -3.02. The van der Waals surface area contributed by atoms with Crippen molar-refractivity contribution in [2.45, 2.75) is 11.8 Å². The number of piperazine rings is 1. The van der Waals surface area contributed by atoms with E-state index in [1.807, 2.05) is 12.1 Å². The molecule has 0 aliphatic carbocycles. The molecule has 1 aromatic carbocycles. The van der Waals surface area contributed by atoms with Crippen molar-refractivity contribution in [1.29, 1.82) is 0 Å². The monoisotopic (exact) mass is 458 g/mol. The molecular formula is C20H18N4O5S2. The van der Waals surface area contributed by atoms with Crippen LogP contribution in [0.1, 0.15) is 16.2 Å². The van der Waals surface area contributed by atoms with Gasteiger partial charge in [0.1, 0.15) is 0 Å². The van der Waals surface area contributed by atoms with Gasteiger partial charge in [-0.3, -0.25) is 9.59 Å². The number of hydrogen-bond donors (Lipinski definition) is 0. The Kier molecular flexibility index (Phi) is 4.68. The third kappa shape index (κ3) is 3.16. The number of aromatic nitrogens is 2. The van der Waals surface area contributed by atoms with Gasteiger partial charge in [-0.1, -0.05) is 23.5 Å². The maximum absolute atomic E-state index is 13.4. The van der Waals surface area contributed by atoms with Gasteiger partial charge in [0.25, 0.3) is 21.5 Å². The summed E-state index contributed by atoms with van der Waals surface area (Å²) in [5, 5.41) is 0. The number of aryl methyl sites for hydroxylation is 1. The van der Waals surface area contributed by atoms with Crippen LogP contribution in [0.5, 0.6) is 0 Å². The number of rotatable bonds is 3. The van der Waals surface area contributed by atoms with Gasteiger partial charge in [0.15, 0.2) is 15.6 Å². The van der Waals surface area contributed by atoms with E-state index in [0.29, 0.717) is 10.5 Å². The molecule has 9 nitrogen and oxygen atoms in total. The smallest absolute Gasteiger partial charge is 0.289 e. The number of hydrogen-bond acceptors (Lipinski definition) is 7. The molecule has 1 aliphatic rings. The number of furan rings is 1. The molecule has 5 rings (SSSR count). The van der Waals surface area contributed by atoms with Gasteiger partial charge in [-0.05, 0) is 31.2 Å². The van der Waals surface area contributed by atoms with Crippen molar-refractivity contribution in [3.8, 4) is 0 Å². The first-order chi connectivity index (χ1) is 14.9. The van der Waals surface area contributed by atoms with Crippen molar-refractivity contribution < 1.29 is 17.6 Å². The van der Waals surface area contributed by atoms with Gasteiger partial charge in [0, 0.05) is 26.2 Å². The first kappa shape index (κ1) is 19.9. The molecule has 4 heterocycles. The van der Waals surface area contributed by atoms with Crippen molar-refractivity contribution in [2.75, 3.05) is 26.2 Å². The highest BCUT2D eigenvalue weighted by atomic mass is 32.2. The number of carbonyl (C=O) groups is 1. The maximum Gasteiger partial charge on any atom is 0.289 e. The lowest BCUT2D eigenvalue weighted by Crippen LogP contribution is -2.51. The number of thiazole rings is 1. The van der Waals surface area contributed by atoms with E-state index >= 15 is 0 Å². The minimum Gasteiger partial charge on any atom is -0.459 e. The lowest BCUT2D eigenvalue weighted by atomic mass is 10.3. The Balaban J connectivity index is 1.49. The predicted octanol–water partition coefficient (Wildman–Crippen LogP) is 1.96. The molecule has 1 fully saturated rings. The van der Waals surface area contributed by atoms with Crippen LogP contribution in [0.25, 0.3) is 15.2 Å². The molecule has 0 spiro atoms. The predicted molar refractivity (Wildman–Crippen MR) is 115 cm³/mol. The summed E-state index contributed by atoms with van der Waals surface area (Å²) in [4.78, 5) is 31.8. The molecule has 0 saturated carbocycles. The van der Waals surface area contributed by atoms with Crippen LogP contribution < -0.4 is 5.56 Å². The Bertz CT molecular complexity index is 1460. The minimum absolute atomic E-state index is 0.0841. The molecule has 160 valence electrons. The lowest BCUT2D eigenvalue weighted by molar-refractivity contribution is 0.0666. The molecule has 0 unspecified atom stereocenters. The summed E-state index contributed by atoms with van der Waals surface area (Å²) in [6.45, 7) is 2.11. The summed E-state index contributed by atoms with van der Waals surface area (Å²) >= 11 is 1.34. The Morgan fingerprint density at radius 3 is 2.55 bits per heavy atom. The summed E-state index contributed by atoms with van der Waals surface area (Å²) in [5.41, 5.74) is 0.199. The fourth-order valence-corrected chi connectivity index (χ4v) is 6.50. The fourth-order valence-electron chi connectivity index (χ4n) is 3.81. The highest BCUT2D eigenvalue weighted by Crippen LogP contribution is 2.26. The van der Waals surface area contributed by atoms with Crippen LogP contribution in [0.15, 0.2) is 56.8 Å². The normalized spacial score (nSPS) is 15.7. The summed E-state index contributed by atoms with van der Waals surface area (Å²) in [6.07, 6.45) is 1.42. The highest BCUT2D eigenvalue weighted by Gasteiger charge is 2.35. The maximum atomic E-state index is 13.4. The molecule has 3 aromatic heterocycles. The lowest BCUT2D eigenvalue weighted by Gasteiger charge is -2.33. The number of para-hydroxylation sites is 1. The number of amides is 1. The van der Waals surface area contributed by atoms with Gasteiger partial charge in [-0.15, -0.1) is 0 Å². The first-order valence-corrected chi connectivity index (χ1v) is 11.9. The molecule has 1 saturated heterocycles. The quantitative estimate of drug-likeness (QED) is 0.465. The minimum atomic E-state index is -4.08. The average Bonchev–Trinajstić information content (AvgIpc) is 3.41. The van der Waals surface area contributed by atoms with Gasteiger partial charge >= 0.3 is 0 Å². The molecule has 0 radical (unpaired) electrons. The van der Waals surface area contributed by atoms with Gasteiger partial charge in [-0.2, -0.15) is 4.31 Å². The first-order valence-electron chi connectivity index (χ1n) is 9.62. The third-order valence-electron chi connectivity index (χ3n) is 5.34. The Morgan fingerprint density at radius 1 is 1.10 bits per heavy atom. The zero-order valence-corrected chi connectivity index (χ0v) is 18.1. The summed E-state index contributed by atoms with van der Waals surface area (Å²) in [5.74, 6) is -0.0736. The van der Waals surface area contributed by atoms with Crippen molar-refractivity contribution >= 4 is 42.4 Å². The van der Waals surface area contributed by atoms with Crippen LogP contribution in [0.2, 0.25) is 0 Å². The average molecular weight is 459 g/mol. The Morgan fingerprint density at radius 2 is 1.84 bits per heavy atom. The van der Waals surface area contributed by atoms with Crippen molar-refractivity contribution in [3.63, 3.8) is 0 Å². The number of benzene rings is 1. The molecule has 31 heavy (non-hydrogen) atoms. The van der Waals surface area contributed by atoms with E-state index in [4.69, 9.17) is 4.42 Å². The van der Waals surface area contributed by atoms with Crippen LogP contribution in [-0.2, 0) is 10.0 Å². The molecule has 0 N–H and O–H groups in total. The molecule has 0 atom stereocenters. The van der Waals surface area contributed by atoms with Gasteiger partial charge < -0.3 is 9.32 Å². The van der Waals surface area contributed by atoms with E-state index in [1.165, 1.54) is 33.2 Å². The number of carbonyl (C=O) groups excluding carboxylic acids is 1. The van der Waals surface area contributed by atoms with Crippen LogP contribution in [0.4, 0.5) is 0 Å². The molecule has 0 bridgehead atoms. The van der Waals surface area contributed by atoms with Crippen LogP contribution in [0.3, 0.4) is 0 Å². The SMILES string of the molecule is Cc1nc2sc3ccccc3n2c(=O)c1S(=O)(=O)N1CCN(C(=O)c2ccco2)CC1. The topological polar surface area (TPSA) is 105 Å². The van der Waals surface area contributed by atoms with Gasteiger partial charge in [0.2, 0.25) is 0 Å². The van der Waals surface area contributed by atoms with E-state index in [2.05, 4.69) is 4.98 Å². The zero-order chi connectivity index (χ0) is 21.8. The third-order valence-corrected chi connectivity index (χ3v) is 8.40. The van der Waals surface area contributed by atoms with E-state index in [-0.39, 0.29) is 48.4 Å². The van der Waals surface area contributed by atoms with E-state index in [9.17, 15) is 18.0 Å². The zero-order valence-electron chi connectivity index (χ0n) is 16.5. The molecule has 1 amide bonds. The van der Waals surface area contributed by atoms with Crippen molar-refractivity contribution in [2.24, 2.45) is 0 Å². The summed E-state index contributed by atoms with van der Waals surface area (Å²) in [6, 6.07) is 10.5. The number of nitrogens with zero attached hydrogens (tertiary/aromatic N) is 4. The number of sulfonamides is 1. The van der Waals surface area contributed by atoms with E-state index < -0.39 is 15.6 Å². The molecular weight excluding hydrogens is 440 g/mol. The van der Waals surface area contributed by atoms with E-state index in [1.54, 1.807) is 29.2 Å². The number of fused-ring (bicyclic) bond motifs is 3. The van der Waals surface area contributed by atoms with E-state index in [0.717, 1.165) is 4.70 Å². The second-order valence-corrected chi connectivity index (χ2v) is 10.1. The highest BCUT2D eigenvalue weighted by molar-refractivity contribution is 7.89. The van der Waals surface area contributed by atoms with Gasteiger partial charge in [-0.25, -0.2) is 17.8 Å². The molecule has 4 aromatic rings. The standard InChI is InChI=1S/C20H18N4O5S2/c1-13-17(19(26)24-14-5-2-3-7-16(14)30-20(24)21-13)31(27,28)23-10-8-22(9-11-23)18(25)15-6-4-12-29-15/h2-7,12H,8-11H2,1H3. The largest absolute Gasteiger partial charge is 0.459 e. The van der Waals surface area contributed by atoms with Crippen LogP contribution in [0, 0.1) is 6.92 Å². The Labute approximate surface area is 181 Å². The van der Waals surface area contributed by atoms with Crippen molar-refractivity contribution in [3.05, 3.63) is 64.5 Å². The second-order valence-electron chi connectivity index (χ2n) is 7.19. The van der Waals surface area contributed by atoms with Crippen molar-refractivity contribution in [1.82, 2.24) is 18.6 Å².